The molecule has 0 spiro atoms. The van der Waals surface area contributed by atoms with Gasteiger partial charge in [-0.1, -0.05) is 0 Å². The van der Waals surface area contributed by atoms with Gasteiger partial charge in [-0.25, -0.2) is 0 Å². The lowest BCUT2D eigenvalue weighted by Crippen LogP contribution is -2.40. The van der Waals surface area contributed by atoms with Gasteiger partial charge in [-0.15, -0.1) is 0 Å². The molecule has 1 saturated heterocycles. The molecule has 1 aliphatic heterocycles. The van der Waals surface area contributed by atoms with Gasteiger partial charge in [-0.05, 0) is 32.4 Å². The number of aromatic nitrogens is 2. The smallest absolute Gasteiger partial charge is 0.275 e. The minimum Gasteiger partial charge on any atom is -0.337 e. The van der Waals surface area contributed by atoms with Crippen LogP contribution in [-0.4, -0.2) is 46.2 Å². The van der Waals surface area contributed by atoms with Gasteiger partial charge in [-0.2, -0.15) is 8.75 Å². The number of carbonyl (C=O) groups is 1. The largest absolute Gasteiger partial charge is 0.337 e. The highest BCUT2D eigenvalue weighted by Crippen LogP contribution is 2.17. The van der Waals surface area contributed by atoms with E-state index < -0.39 is 0 Å². The second kappa shape index (κ2) is 5.36. The van der Waals surface area contributed by atoms with Gasteiger partial charge < -0.3 is 10.2 Å². The molecule has 16 heavy (non-hydrogen) atoms. The molecule has 2 heterocycles. The quantitative estimate of drug-likeness (QED) is 0.841. The Hall–Kier alpha value is -1.01. The molecule has 0 aromatic carbocycles. The van der Waals surface area contributed by atoms with Crippen molar-refractivity contribution in [1.29, 1.82) is 0 Å². The van der Waals surface area contributed by atoms with E-state index in [0.29, 0.717) is 11.6 Å². The van der Waals surface area contributed by atoms with E-state index in [1.807, 2.05) is 11.9 Å². The molecule has 0 unspecified atom stereocenters. The first kappa shape index (κ1) is 11.5. The average molecular weight is 240 g/mol. The van der Waals surface area contributed by atoms with Crippen LogP contribution in [0.2, 0.25) is 0 Å². The molecule has 6 heteroatoms. The minimum absolute atomic E-state index is 0.0247. The third kappa shape index (κ3) is 2.56. The number of nitrogens with zero attached hydrogens (tertiary/aromatic N) is 3. The number of rotatable bonds is 3. The standard InChI is InChI=1S/C10H16N4OS/c1-11-6-8-2-4-14(5-3-8)10(15)9-7-12-16-13-9/h7-8,11H,2-6H2,1H3. The zero-order valence-corrected chi connectivity index (χ0v) is 10.2. The number of hydrogen-bond acceptors (Lipinski definition) is 5. The highest BCUT2D eigenvalue weighted by Gasteiger charge is 2.24. The van der Waals surface area contributed by atoms with E-state index in [-0.39, 0.29) is 5.91 Å². The monoisotopic (exact) mass is 240 g/mol. The van der Waals surface area contributed by atoms with E-state index >= 15 is 0 Å². The summed E-state index contributed by atoms with van der Waals surface area (Å²) < 4.78 is 7.83. The summed E-state index contributed by atoms with van der Waals surface area (Å²) >= 11 is 1.08. The Morgan fingerprint density at radius 2 is 2.38 bits per heavy atom. The highest BCUT2D eigenvalue weighted by atomic mass is 32.1. The lowest BCUT2D eigenvalue weighted by atomic mass is 9.97. The van der Waals surface area contributed by atoms with Crippen LogP contribution in [0.3, 0.4) is 0 Å². The molecule has 0 radical (unpaired) electrons. The van der Waals surface area contributed by atoms with Gasteiger partial charge in [0, 0.05) is 13.1 Å². The van der Waals surface area contributed by atoms with Gasteiger partial charge in [0.2, 0.25) is 0 Å². The van der Waals surface area contributed by atoms with Gasteiger partial charge in [0.1, 0.15) is 0 Å². The van der Waals surface area contributed by atoms with E-state index in [4.69, 9.17) is 0 Å². The number of nitrogens with one attached hydrogen (secondary N) is 1. The second-order valence-electron chi connectivity index (χ2n) is 4.09. The fourth-order valence-corrected chi connectivity index (χ4v) is 2.46. The average Bonchev–Trinajstić information content (AvgIpc) is 2.83. The molecule has 88 valence electrons. The number of piperidine rings is 1. The van der Waals surface area contributed by atoms with Crippen molar-refractivity contribution in [2.75, 3.05) is 26.7 Å². The van der Waals surface area contributed by atoms with Crippen molar-refractivity contribution in [3.63, 3.8) is 0 Å². The van der Waals surface area contributed by atoms with Gasteiger partial charge in [0.05, 0.1) is 17.9 Å². The van der Waals surface area contributed by atoms with E-state index in [2.05, 4.69) is 14.1 Å². The molecule has 1 aromatic rings. The summed E-state index contributed by atoms with van der Waals surface area (Å²) in [4.78, 5) is 13.8. The maximum atomic E-state index is 11.9. The summed E-state index contributed by atoms with van der Waals surface area (Å²) in [5, 5.41) is 3.18. The first-order valence-corrected chi connectivity index (χ1v) is 6.25. The predicted molar refractivity (Wildman–Crippen MR) is 62.5 cm³/mol. The number of carbonyl (C=O) groups excluding carboxylic acids is 1. The van der Waals surface area contributed by atoms with Gasteiger partial charge in [0.25, 0.3) is 5.91 Å². The van der Waals surface area contributed by atoms with Gasteiger partial charge >= 0.3 is 0 Å². The molecule has 1 aliphatic rings. The van der Waals surface area contributed by atoms with Crippen LogP contribution in [0.25, 0.3) is 0 Å². The Balaban J connectivity index is 1.87. The summed E-state index contributed by atoms with van der Waals surface area (Å²) in [6, 6.07) is 0. The van der Waals surface area contributed by atoms with Crippen LogP contribution in [0.5, 0.6) is 0 Å². The molecule has 0 saturated carbocycles. The molecular formula is C10H16N4OS. The molecule has 1 amide bonds. The van der Waals surface area contributed by atoms with Crippen LogP contribution in [0.1, 0.15) is 23.3 Å². The zero-order valence-electron chi connectivity index (χ0n) is 9.35. The Kier molecular flexibility index (Phi) is 3.84. The van der Waals surface area contributed by atoms with Gasteiger partial charge in [-0.3, -0.25) is 4.79 Å². The fraction of sp³-hybridized carbons (Fsp3) is 0.700. The summed E-state index contributed by atoms with van der Waals surface area (Å²) in [6.07, 6.45) is 3.70. The Morgan fingerprint density at radius 3 is 2.94 bits per heavy atom. The van der Waals surface area contributed by atoms with Crippen LogP contribution in [-0.2, 0) is 0 Å². The van der Waals surface area contributed by atoms with Crippen molar-refractivity contribution < 1.29 is 4.79 Å². The summed E-state index contributed by atoms with van der Waals surface area (Å²) in [5.41, 5.74) is 0.483. The number of likely N-dealkylation sites (tertiary alicyclic amines) is 1. The lowest BCUT2D eigenvalue weighted by molar-refractivity contribution is 0.0686. The zero-order chi connectivity index (χ0) is 11.4. The van der Waals surface area contributed by atoms with Crippen molar-refractivity contribution >= 4 is 17.6 Å². The SMILES string of the molecule is CNCC1CCN(C(=O)c2cnsn2)CC1. The molecule has 1 N–H and O–H groups in total. The number of hydrogen-bond donors (Lipinski definition) is 1. The maximum absolute atomic E-state index is 11.9. The normalized spacial score (nSPS) is 17.7. The first-order valence-electron chi connectivity index (χ1n) is 5.52. The Morgan fingerprint density at radius 1 is 1.62 bits per heavy atom. The van der Waals surface area contributed by atoms with Crippen LogP contribution in [0, 0.1) is 5.92 Å². The molecule has 2 rings (SSSR count). The predicted octanol–water partition coefficient (Wildman–Crippen LogP) is 0.610. The Bertz CT molecular complexity index is 333. The first-order chi connectivity index (χ1) is 7.81. The number of amides is 1. The van der Waals surface area contributed by atoms with Crippen molar-refractivity contribution in [2.45, 2.75) is 12.8 Å². The van der Waals surface area contributed by atoms with E-state index in [1.54, 1.807) is 6.20 Å². The molecule has 1 aromatic heterocycles. The molecule has 0 bridgehead atoms. The third-order valence-electron chi connectivity index (χ3n) is 2.97. The van der Waals surface area contributed by atoms with Crippen LogP contribution < -0.4 is 5.32 Å². The lowest BCUT2D eigenvalue weighted by Gasteiger charge is -2.31. The summed E-state index contributed by atoms with van der Waals surface area (Å²) in [5.74, 6) is 0.722. The third-order valence-corrected chi connectivity index (χ3v) is 3.45. The molecule has 0 atom stereocenters. The van der Waals surface area contributed by atoms with E-state index in [0.717, 1.165) is 44.2 Å². The van der Waals surface area contributed by atoms with Crippen molar-refractivity contribution in [2.24, 2.45) is 5.92 Å². The fourth-order valence-electron chi connectivity index (χ4n) is 2.05. The second-order valence-corrected chi connectivity index (χ2v) is 4.64. The molecule has 5 nitrogen and oxygen atoms in total. The van der Waals surface area contributed by atoms with E-state index in [9.17, 15) is 4.79 Å². The molecular weight excluding hydrogens is 224 g/mol. The van der Waals surface area contributed by atoms with E-state index in [1.165, 1.54) is 0 Å². The van der Waals surface area contributed by atoms with Crippen LogP contribution >= 0.6 is 11.7 Å². The van der Waals surface area contributed by atoms with Crippen molar-refractivity contribution in [3.05, 3.63) is 11.9 Å². The maximum Gasteiger partial charge on any atom is 0.275 e. The Labute approximate surface area is 99.2 Å². The minimum atomic E-state index is 0.0247. The van der Waals surface area contributed by atoms with Crippen molar-refractivity contribution in [1.82, 2.24) is 19.0 Å². The van der Waals surface area contributed by atoms with Crippen LogP contribution in [0.15, 0.2) is 6.20 Å². The van der Waals surface area contributed by atoms with Crippen LogP contribution in [0.4, 0.5) is 0 Å². The topological polar surface area (TPSA) is 58.1 Å². The van der Waals surface area contributed by atoms with Gasteiger partial charge in [0.15, 0.2) is 5.69 Å². The molecule has 0 aliphatic carbocycles. The summed E-state index contributed by atoms with van der Waals surface area (Å²) in [7, 11) is 1.97. The van der Waals surface area contributed by atoms with Crippen molar-refractivity contribution in [3.8, 4) is 0 Å². The highest BCUT2D eigenvalue weighted by molar-refractivity contribution is 6.99. The molecule has 1 fully saturated rings. The summed E-state index contributed by atoms with van der Waals surface area (Å²) in [6.45, 7) is 2.71.